The van der Waals surface area contributed by atoms with Gasteiger partial charge in [0.1, 0.15) is 6.23 Å². The summed E-state index contributed by atoms with van der Waals surface area (Å²) in [5.74, 6) is 1.79. The molecule has 0 radical (unpaired) electrons. The van der Waals surface area contributed by atoms with E-state index in [9.17, 15) is 0 Å². The summed E-state index contributed by atoms with van der Waals surface area (Å²) in [6.45, 7) is 7.44. The maximum absolute atomic E-state index is 7.01. The highest BCUT2D eigenvalue weighted by molar-refractivity contribution is 5.00. The second-order valence-corrected chi connectivity index (χ2v) is 10.9. The van der Waals surface area contributed by atoms with Crippen LogP contribution in [0.4, 0.5) is 0 Å². The summed E-state index contributed by atoms with van der Waals surface area (Å²) in [6.07, 6.45) is 8.37. The Balaban J connectivity index is 1.47. The molecule has 4 aliphatic rings. The van der Waals surface area contributed by atoms with Gasteiger partial charge in [0.25, 0.3) is 0 Å². The minimum Gasteiger partial charge on any atom is -0.379 e. The molecule has 7 heteroatoms. The largest absolute Gasteiger partial charge is 0.379 e. The van der Waals surface area contributed by atoms with Crippen molar-refractivity contribution in [3.05, 3.63) is 0 Å². The van der Waals surface area contributed by atoms with Gasteiger partial charge < -0.3 is 20.1 Å². The van der Waals surface area contributed by atoms with Crippen molar-refractivity contribution in [3.63, 3.8) is 0 Å². The zero-order valence-electron chi connectivity index (χ0n) is 20.6. The van der Waals surface area contributed by atoms with Crippen molar-refractivity contribution >= 4 is 0 Å². The lowest BCUT2D eigenvalue weighted by molar-refractivity contribution is -0.229. The van der Waals surface area contributed by atoms with Crippen LogP contribution in [0.15, 0.2) is 0 Å². The Bertz CT molecular complexity index is 564. The molecule has 0 aromatic carbocycles. The van der Waals surface area contributed by atoms with E-state index < -0.39 is 0 Å². The number of fused-ring (bicyclic) bond motifs is 1. The maximum Gasteiger partial charge on any atom is 0.116 e. The molecule has 1 aliphatic carbocycles. The number of hydrogen-bond donors (Lipinski definition) is 1. The molecule has 4 rings (SSSR count). The highest BCUT2D eigenvalue weighted by atomic mass is 16.5. The van der Waals surface area contributed by atoms with Crippen LogP contribution in [0, 0.1) is 17.8 Å². The fourth-order valence-corrected chi connectivity index (χ4v) is 7.14. The van der Waals surface area contributed by atoms with Crippen LogP contribution in [0.1, 0.15) is 45.4 Å². The predicted molar refractivity (Wildman–Crippen MR) is 125 cm³/mol. The van der Waals surface area contributed by atoms with Crippen LogP contribution in [-0.2, 0) is 9.47 Å². The van der Waals surface area contributed by atoms with E-state index in [0.717, 1.165) is 39.1 Å². The van der Waals surface area contributed by atoms with E-state index >= 15 is 0 Å². The summed E-state index contributed by atoms with van der Waals surface area (Å²) >= 11 is 0. The van der Waals surface area contributed by atoms with Gasteiger partial charge in [-0.1, -0.05) is 6.92 Å². The molecule has 6 atom stereocenters. The lowest BCUT2D eigenvalue weighted by Crippen LogP contribution is -2.70. The van der Waals surface area contributed by atoms with Gasteiger partial charge >= 0.3 is 0 Å². The van der Waals surface area contributed by atoms with Gasteiger partial charge in [0, 0.05) is 31.0 Å². The number of nitrogens with zero attached hydrogens (tertiary/aromatic N) is 4. The van der Waals surface area contributed by atoms with Gasteiger partial charge in [-0.15, -0.1) is 0 Å². The van der Waals surface area contributed by atoms with Crippen LogP contribution in [0.2, 0.25) is 0 Å². The summed E-state index contributed by atoms with van der Waals surface area (Å²) in [6, 6.07) is 0.598. The van der Waals surface area contributed by atoms with E-state index in [2.05, 4.69) is 54.7 Å². The fourth-order valence-electron chi connectivity index (χ4n) is 7.14. The second-order valence-electron chi connectivity index (χ2n) is 10.9. The number of piperidine rings is 2. The van der Waals surface area contributed by atoms with Crippen LogP contribution >= 0.6 is 0 Å². The first kappa shape index (κ1) is 23.9. The zero-order valence-corrected chi connectivity index (χ0v) is 20.6. The van der Waals surface area contributed by atoms with Crippen LogP contribution in [-0.4, -0.2) is 111 Å². The molecule has 4 fully saturated rings. The van der Waals surface area contributed by atoms with Crippen molar-refractivity contribution in [2.75, 3.05) is 61.0 Å². The van der Waals surface area contributed by atoms with Crippen molar-refractivity contribution in [3.8, 4) is 0 Å². The van der Waals surface area contributed by atoms with Crippen LogP contribution in [0.25, 0.3) is 0 Å². The standard InChI is InChI=1S/C24H47N5O2/c1-17-21-20(7-6-12-27(21)4)24(28(5)23(17)29-13-15-30-16-14-29)31-19-10-8-18(9-11-19)22(25)26(2)3/h17-24H,6-16,25H2,1-5H3. The molecular weight excluding hydrogens is 390 g/mol. The van der Waals surface area contributed by atoms with Gasteiger partial charge in [-0.25, -0.2) is 0 Å². The average molecular weight is 438 g/mol. The number of ether oxygens (including phenoxy) is 2. The summed E-state index contributed by atoms with van der Waals surface area (Å²) in [5.41, 5.74) is 6.42. The summed E-state index contributed by atoms with van der Waals surface area (Å²) in [5, 5.41) is 0. The number of morpholine rings is 1. The topological polar surface area (TPSA) is 57.4 Å². The third kappa shape index (κ3) is 4.98. The second kappa shape index (κ2) is 10.3. The van der Waals surface area contributed by atoms with E-state index in [-0.39, 0.29) is 12.4 Å². The molecule has 3 aliphatic heterocycles. The molecule has 0 spiro atoms. The number of nitrogens with two attached hydrogens (primary N) is 1. The highest BCUT2D eigenvalue weighted by Gasteiger charge is 2.51. The summed E-state index contributed by atoms with van der Waals surface area (Å²) in [4.78, 5) is 10.0. The summed E-state index contributed by atoms with van der Waals surface area (Å²) in [7, 11) is 8.84. The quantitative estimate of drug-likeness (QED) is 0.657. The third-order valence-corrected chi connectivity index (χ3v) is 8.74. The SMILES string of the molecule is CC1C2C(CCCN2C)C(OC2CCC(C(N)N(C)C)CC2)N(C)C1N1CCOCC1. The zero-order chi connectivity index (χ0) is 22.1. The molecule has 6 unspecified atom stereocenters. The van der Waals surface area contributed by atoms with Gasteiger partial charge in [-0.3, -0.25) is 14.7 Å². The van der Waals surface area contributed by atoms with Gasteiger partial charge in [-0.05, 0) is 79.2 Å². The van der Waals surface area contributed by atoms with E-state index in [1.54, 1.807) is 0 Å². The Kier molecular flexibility index (Phi) is 7.95. The number of likely N-dealkylation sites (tertiary alicyclic amines) is 2. The molecule has 1 saturated carbocycles. The summed E-state index contributed by atoms with van der Waals surface area (Å²) < 4.78 is 12.7. The Morgan fingerprint density at radius 2 is 1.68 bits per heavy atom. The van der Waals surface area contributed by atoms with Crippen LogP contribution in [0.3, 0.4) is 0 Å². The highest BCUT2D eigenvalue weighted by Crippen LogP contribution is 2.42. The maximum atomic E-state index is 7.01. The normalized spacial score (nSPS) is 42.5. The van der Waals surface area contributed by atoms with E-state index in [0.29, 0.717) is 36.1 Å². The molecule has 0 bridgehead atoms. The number of hydrogen-bond acceptors (Lipinski definition) is 7. The van der Waals surface area contributed by atoms with Crippen molar-refractivity contribution < 1.29 is 9.47 Å². The first-order valence-corrected chi connectivity index (χ1v) is 12.7. The fraction of sp³-hybridized carbons (Fsp3) is 1.00. The Morgan fingerprint density at radius 3 is 2.32 bits per heavy atom. The smallest absolute Gasteiger partial charge is 0.116 e. The first-order chi connectivity index (χ1) is 14.9. The lowest BCUT2D eigenvalue weighted by atomic mass is 9.75. The van der Waals surface area contributed by atoms with Gasteiger partial charge in [-0.2, -0.15) is 0 Å². The average Bonchev–Trinajstić information content (AvgIpc) is 2.77. The van der Waals surface area contributed by atoms with Crippen LogP contribution in [0.5, 0.6) is 0 Å². The van der Waals surface area contributed by atoms with Gasteiger partial charge in [0.15, 0.2) is 0 Å². The van der Waals surface area contributed by atoms with E-state index in [4.69, 9.17) is 15.2 Å². The molecule has 0 aromatic heterocycles. The van der Waals surface area contributed by atoms with E-state index in [1.165, 1.54) is 32.2 Å². The van der Waals surface area contributed by atoms with Gasteiger partial charge in [0.2, 0.25) is 0 Å². The van der Waals surface area contributed by atoms with Crippen molar-refractivity contribution in [1.82, 2.24) is 19.6 Å². The van der Waals surface area contributed by atoms with Crippen LogP contribution < -0.4 is 5.73 Å². The predicted octanol–water partition coefficient (Wildman–Crippen LogP) is 1.68. The minimum atomic E-state index is 0.168. The Hall–Kier alpha value is -0.280. The molecule has 180 valence electrons. The van der Waals surface area contributed by atoms with Crippen molar-refractivity contribution in [2.45, 2.75) is 76.2 Å². The monoisotopic (exact) mass is 437 g/mol. The molecule has 0 amide bonds. The molecule has 31 heavy (non-hydrogen) atoms. The van der Waals surface area contributed by atoms with E-state index in [1.807, 2.05) is 0 Å². The van der Waals surface area contributed by atoms with Crippen molar-refractivity contribution in [2.24, 2.45) is 23.5 Å². The molecular formula is C24H47N5O2. The third-order valence-electron chi connectivity index (χ3n) is 8.74. The minimum absolute atomic E-state index is 0.168. The molecule has 3 heterocycles. The van der Waals surface area contributed by atoms with Crippen molar-refractivity contribution in [1.29, 1.82) is 0 Å². The Morgan fingerprint density at radius 1 is 1.00 bits per heavy atom. The molecule has 2 N–H and O–H groups in total. The Labute approximate surface area is 190 Å². The molecule has 3 saturated heterocycles. The molecule has 7 nitrogen and oxygen atoms in total. The van der Waals surface area contributed by atoms with Gasteiger partial charge in [0.05, 0.1) is 31.6 Å². The first-order valence-electron chi connectivity index (χ1n) is 12.7. The lowest BCUT2D eigenvalue weighted by Gasteiger charge is -2.59. The molecule has 0 aromatic rings. The number of rotatable bonds is 5.